The van der Waals surface area contributed by atoms with Gasteiger partial charge in [0.2, 0.25) is 10.0 Å². The summed E-state index contributed by atoms with van der Waals surface area (Å²) in [5.74, 6) is 0.451. The maximum absolute atomic E-state index is 15.4. The molecule has 5 heterocycles. The van der Waals surface area contributed by atoms with Gasteiger partial charge < -0.3 is 29.3 Å². The number of amides is 1. The van der Waals surface area contributed by atoms with E-state index in [1.54, 1.807) is 29.2 Å². The number of anilines is 1. The summed E-state index contributed by atoms with van der Waals surface area (Å²) < 4.78 is 54.6. The molecule has 0 aromatic heterocycles. The zero-order chi connectivity index (χ0) is 28.5. The standard InChI is InChI=1S/C29H33FN4O6S/c1-31-15-22-16-33(18-29(22,30)17-31)23-4-2-3-19(9-23)27(35)28(36)32-11-20-13-34(14-21(20)12-32)41(37,38)24-5-6-25-26(10-24)40-8-7-39-25/h2-6,9-10,22,27,35H,7-8,11-18H2,1H3/t22-,27?,29-/m0/s1. The van der Waals surface area contributed by atoms with Crippen molar-refractivity contribution in [2.45, 2.75) is 16.7 Å². The number of rotatable bonds is 5. The summed E-state index contributed by atoms with van der Waals surface area (Å²) in [5, 5.41) is 11.0. The Labute approximate surface area is 238 Å². The van der Waals surface area contributed by atoms with Crippen LogP contribution in [0.1, 0.15) is 11.7 Å². The molecule has 2 aromatic rings. The first kappa shape index (κ1) is 26.7. The third kappa shape index (κ3) is 4.57. The Balaban J connectivity index is 0.991. The molecule has 0 aliphatic carbocycles. The molecule has 10 nitrogen and oxygen atoms in total. The van der Waals surface area contributed by atoms with Crippen molar-refractivity contribution in [1.29, 1.82) is 0 Å². The highest BCUT2D eigenvalue weighted by Crippen LogP contribution is 2.40. The number of aliphatic hydroxyl groups excluding tert-OH is 1. The maximum Gasteiger partial charge on any atom is 0.256 e. The average molecular weight is 585 g/mol. The van der Waals surface area contributed by atoms with Crippen molar-refractivity contribution < 1.29 is 32.2 Å². The van der Waals surface area contributed by atoms with Crippen LogP contribution >= 0.6 is 0 Å². The van der Waals surface area contributed by atoms with E-state index in [9.17, 15) is 18.3 Å². The number of carbonyl (C=O) groups is 1. The minimum absolute atomic E-state index is 0.0567. The Morgan fingerprint density at radius 2 is 1.73 bits per heavy atom. The van der Waals surface area contributed by atoms with Crippen LogP contribution in [0.4, 0.5) is 10.1 Å². The smallest absolute Gasteiger partial charge is 0.256 e. The molecule has 218 valence electrons. The molecule has 2 aromatic carbocycles. The molecule has 0 bridgehead atoms. The van der Waals surface area contributed by atoms with Crippen molar-refractivity contribution in [2.75, 3.05) is 77.5 Å². The van der Waals surface area contributed by atoms with E-state index in [-0.39, 0.29) is 37.0 Å². The van der Waals surface area contributed by atoms with Crippen LogP contribution in [0.3, 0.4) is 0 Å². The maximum atomic E-state index is 15.4. The monoisotopic (exact) mass is 584 g/mol. The lowest BCUT2D eigenvalue weighted by atomic mass is 9.97. The molecule has 0 radical (unpaired) electrons. The Hall–Kier alpha value is -3.19. The topological polar surface area (TPSA) is 103 Å². The fraction of sp³-hybridized carbons (Fsp3) is 0.483. The minimum atomic E-state index is -3.77. The number of fused-ring (bicyclic) bond motifs is 2. The summed E-state index contributed by atoms with van der Waals surface area (Å²) >= 11 is 0. The van der Waals surface area contributed by atoms with Gasteiger partial charge in [0.05, 0.1) is 11.4 Å². The summed E-state index contributed by atoms with van der Waals surface area (Å²) in [7, 11) is -1.83. The van der Waals surface area contributed by atoms with Crippen LogP contribution in [0.5, 0.6) is 11.5 Å². The Morgan fingerprint density at radius 3 is 2.46 bits per heavy atom. The first-order chi connectivity index (χ1) is 19.6. The van der Waals surface area contributed by atoms with Gasteiger partial charge in [-0.1, -0.05) is 12.1 Å². The summed E-state index contributed by atoms with van der Waals surface area (Å²) in [4.78, 5) is 19.0. The molecular weight excluding hydrogens is 551 g/mol. The second-order valence-electron chi connectivity index (χ2n) is 11.8. The number of alkyl halides is 1. The number of aliphatic hydroxyl groups is 1. The molecule has 41 heavy (non-hydrogen) atoms. The zero-order valence-corrected chi connectivity index (χ0v) is 23.6. The first-order valence-corrected chi connectivity index (χ1v) is 15.3. The first-order valence-electron chi connectivity index (χ1n) is 13.9. The normalized spacial score (nSPS) is 27.0. The third-order valence-corrected chi connectivity index (χ3v) is 10.7. The average Bonchev–Trinajstić information content (AvgIpc) is 3.69. The van der Waals surface area contributed by atoms with E-state index in [0.29, 0.717) is 49.9 Å². The van der Waals surface area contributed by atoms with Gasteiger partial charge in [-0.25, -0.2) is 12.8 Å². The number of benzene rings is 2. The summed E-state index contributed by atoms with van der Waals surface area (Å²) in [6.07, 6.45) is -1.36. The van der Waals surface area contributed by atoms with E-state index < -0.39 is 27.7 Å². The molecule has 1 amide bonds. The van der Waals surface area contributed by atoms with Crippen LogP contribution in [0.2, 0.25) is 0 Å². The fourth-order valence-electron chi connectivity index (χ4n) is 6.84. The molecule has 3 atom stereocenters. The van der Waals surface area contributed by atoms with Crippen molar-refractivity contribution >= 4 is 21.6 Å². The lowest BCUT2D eigenvalue weighted by molar-refractivity contribution is -0.139. The Morgan fingerprint density at radius 1 is 1.00 bits per heavy atom. The fourth-order valence-corrected chi connectivity index (χ4v) is 8.28. The molecule has 5 aliphatic rings. The predicted octanol–water partition coefficient (Wildman–Crippen LogP) is 1.42. The van der Waals surface area contributed by atoms with E-state index >= 15 is 4.39 Å². The minimum Gasteiger partial charge on any atom is -0.486 e. The number of nitrogens with zero attached hydrogens (tertiary/aromatic N) is 4. The molecule has 5 aliphatic heterocycles. The molecular formula is C29H33FN4O6S. The van der Waals surface area contributed by atoms with Gasteiger partial charge in [-0.05, 0) is 48.0 Å². The molecule has 2 saturated heterocycles. The molecule has 7 rings (SSSR count). The summed E-state index contributed by atoms with van der Waals surface area (Å²) in [6, 6.07) is 11.8. The van der Waals surface area contributed by atoms with Gasteiger partial charge in [-0.2, -0.15) is 4.31 Å². The van der Waals surface area contributed by atoms with Crippen molar-refractivity contribution in [3.63, 3.8) is 0 Å². The largest absolute Gasteiger partial charge is 0.486 e. The highest BCUT2D eigenvalue weighted by molar-refractivity contribution is 7.89. The van der Waals surface area contributed by atoms with E-state index in [4.69, 9.17) is 9.47 Å². The van der Waals surface area contributed by atoms with Crippen molar-refractivity contribution in [2.24, 2.45) is 5.92 Å². The van der Waals surface area contributed by atoms with Gasteiger partial charge >= 0.3 is 0 Å². The van der Waals surface area contributed by atoms with Gasteiger partial charge in [0.1, 0.15) is 18.9 Å². The number of hydrogen-bond donors (Lipinski definition) is 1. The van der Waals surface area contributed by atoms with Crippen LogP contribution < -0.4 is 14.4 Å². The molecule has 2 fully saturated rings. The Kier molecular flexibility index (Phi) is 6.31. The highest BCUT2D eigenvalue weighted by atomic mass is 32.2. The van der Waals surface area contributed by atoms with E-state index in [2.05, 4.69) is 0 Å². The summed E-state index contributed by atoms with van der Waals surface area (Å²) in [6.45, 7) is 3.74. The number of halogens is 1. The number of sulfonamides is 1. The number of carbonyl (C=O) groups excluding carboxylic acids is 1. The van der Waals surface area contributed by atoms with Gasteiger partial charge in [-0.15, -0.1) is 0 Å². The van der Waals surface area contributed by atoms with Crippen LogP contribution in [-0.2, 0) is 14.8 Å². The van der Waals surface area contributed by atoms with Crippen LogP contribution in [-0.4, -0.2) is 112 Å². The van der Waals surface area contributed by atoms with Crippen molar-refractivity contribution in [1.82, 2.24) is 14.1 Å². The molecule has 1 unspecified atom stereocenters. The quantitative estimate of drug-likeness (QED) is 0.527. The lowest BCUT2D eigenvalue weighted by Crippen LogP contribution is -2.38. The van der Waals surface area contributed by atoms with Gasteiger partial charge in [-0.3, -0.25) is 4.79 Å². The molecule has 12 heteroatoms. The van der Waals surface area contributed by atoms with Gasteiger partial charge in [0.15, 0.2) is 17.6 Å². The van der Waals surface area contributed by atoms with Crippen molar-refractivity contribution in [3.8, 4) is 11.5 Å². The molecule has 0 saturated carbocycles. The number of likely N-dealkylation sites (tertiary alicyclic amines) is 1. The second-order valence-corrected chi connectivity index (χ2v) is 13.7. The van der Waals surface area contributed by atoms with E-state index in [0.717, 1.165) is 23.4 Å². The second kappa shape index (κ2) is 9.69. The Bertz CT molecular complexity index is 1530. The van der Waals surface area contributed by atoms with Gasteiger partial charge in [0.25, 0.3) is 5.91 Å². The van der Waals surface area contributed by atoms with Crippen molar-refractivity contribution in [3.05, 3.63) is 59.2 Å². The molecule has 0 spiro atoms. The lowest BCUT2D eigenvalue weighted by Gasteiger charge is -2.26. The molecule has 1 N–H and O–H groups in total. The van der Waals surface area contributed by atoms with Crippen LogP contribution in [0.15, 0.2) is 58.5 Å². The van der Waals surface area contributed by atoms with Gasteiger partial charge in [0, 0.05) is 63.5 Å². The number of ether oxygens (including phenoxy) is 2. The van der Waals surface area contributed by atoms with E-state index in [1.807, 2.05) is 22.9 Å². The highest BCUT2D eigenvalue weighted by Gasteiger charge is 2.52. The third-order valence-electron chi connectivity index (χ3n) is 8.94. The van der Waals surface area contributed by atoms with Crippen LogP contribution in [0, 0.1) is 5.92 Å². The number of hydrogen-bond acceptors (Lipinski definition) is 8. The van der Waals surface area contributed by atoms with Crippen LogP contribution in [0.25, 0.3) is 0 Å². The van der Waals surface area contributed by atoms with E-state index in [1.165, 1.54) is 16.4 Å². The summed E-state index contributed by atoms with van der Waals surface area (Å²) in [5.41, 5.74) is 1.77. The predicted molar refractivity (Wildman–Crippen MR) is 148 cm³/mol. The zero-order valence-electron chi connectivity index (χ0n) is 22.8. The SMILES string of the molecule is CN1C[C@H]2CN(c3cccc(C(O)C(=O)N4CC5=C(C4)CN(S(=O)(=O)c4ccc6c(c4)OCCO6)C5)c3)C[C@@]2(F)C1.